The van der Waals surface area contributed by atoms with Crippen molar-refractivity contribution >= 4 is 29.3 Å². The average Bonchev–Trinajstić information content (AvgIpc) is 3.27. The molecule has 2 aliphatic rings. The summed E-state index contributed by atoms with van der Waals surface area (Å²) in [6.07, 6.45) is 1.54. The zero-order chi connectivity index (χ0) is 22.0. The van der Waals surface area contributed by atoms with Crippen LogP contribution in [0.25, 0.3) is 0 Å². The molecule has 0 unspecified atom stereocenters. The number of nitrogens with one attached hydrogen (secondary N) is 1. The predicted octanol–water partition coefficient (Wildman–Crippen LogP) is 2.61. The van der Waals surface area contributed by atoms with Crippen molar-refractivity contribution in [3.8, 4) is 5.75 Å². The monoisotopic (exact) mass is 441 g/mol. The number of benzene rings is 2. The van der Waals surface area contributed by atoms with Gasteiger partial charge in [0, 0.05) is 35.8 Å². The molecule has 0 aromatic heterocycles. The standard InChI is InChI=1S/C23H24ClN3O4/c1-31-20-9-8-15(22(29)25-12-16-5-2-3-6-18(16)24)11-17(20)13-26-14-21(28)27-10-4-7-19(27)23(26)30/h2-3,5-6,8-9,11,19H,4,7,10,12-14H2,1H3,(H,25,29)/t19-/m0/s1. The third-order valence-corrected chi connectivity index (χ3v) is 6.17. The number of fused-ring (bicyclic) bond motifs is 1. The van der Waals surface area contributed by atoms with Gasteiger partial charge in [0.25, 0.3) is 5.91 Å². The average molecular weight is 442 g/mol. The van der Waals surface area contributed by atoms with Crippen LogP contribution in [0.1, 0.15) is 34.3 Å². The Labute approximate surface area is 185 Å². The van der Waals surface area contributed by atoms with Crippen LogP contribution in [0.5, 0.6) is 5.75 Å². The van der Waals surface area contributed by atoms with E-state index in [0.29, 0.717) is 41.4 Å². The van der Waals surface area contributed by atoms with E-state index in [1.54, 1.807) is 34.1 Å². The van der Waals surface area contributed by atoms with Gasteiger partial charge >= 0.3 is 0 Å². The Morgan fingerprint density at radius 2 is 2.00 bits per heavy atom. The minimum absolute atomic E-state index is 0.0327. The van der Waals surface area contributed by atoms with E-state index in [-0.39, 0.29) is 36.9 Å². The molecule has 1 N–H and O–H groups in total. The first-order chi connectivity index (χ1) is 15.0. The van der Waals surface area contributed by atoms with Crippen LogP contribution < -0.4 is 10.1 Å². The van der Waals surface area contributed by atoms with E-state index < -0.39 is 0 Å². The second-order valence-corrected chi connectivity index (χ2v) is 8.15. The third-order valence-electron chi connectivity index (χ3n) is 5.80. The fourth-order valence-corrected chi connectivity index (χ4v) is 4.37. The van der Waals surface area contributed by atoms with Gasteiger partial charge in [-0.25, -0.2) is 0 Å². The summed E-state index contributed by atoms with van der Waals surface area (Å²) in [6.45, 7) is 1.20. The van der Waals surface area contributed by atoms with Crippen LogP contribution >= 0.6 is 11.6 Å². The van der Waals surface area contributed by atoms with Crippen molar-refractivity contribution in [3.63, 3.8) is 0 Å². The molecule has 4 rings (SSSR count). The van der Waals surface area contributed by atoms with Crippen LogP contribution in [0.4, 0.5) is 0 Å². The highest BCUT2D eigenvalue weighted by Gasteiger charge is 2.41. The first-order valence-corrected chi connectivity index (χ1v) is 10.6. The number of nitrogens with zero attached hydrogens (tertiary/aromatic N) is 2. The molecule has 0 bridgehead atoms. The van der Waals surface area contributed by atoms with Gasteiger partial charge in [0.2, 0.25) is 11.8 Å². The Morgan fingerprint density at radius 1 is 1.19 bits per heavy atom. The molecular formula is C23H24ClN3O4. The number of rotatable bonds is 6. The number of amides is 3. The van der Waals surface area contributed by atoms with Crippen molar-refractivity contribution in [1.82, 2.24) is 15.1 Å². The highest BCUT2D eigenvalue weighted by molar-refractivity contribution is 6.31. The zero-order valence-electron chi connectivity index (χ0n) is 17.3. The van der Waals surface area contributed by atoms with Crippen molar-refractivity contribution in [3.05, 3.63) is 64.2 Å². The van der Waals surface area contributed by atoms with Gasteiger partial charge in [-0.1, -0.05) is 29.8 Å². The molecule has 2 aromatic rings. The van der Waals surface area contributed by atoms with Gasteiger partial charge in [-0.15, -0.1) is 0 Å². The van der Waals surface area contributed by atoms with E-state index in [9.17, 15) is 14.4 Å². The minimum Gasteiger partial charge on any atom is -0.496 e. The first kappa shape index (κ1) is 21.2. The number of ether oxygens (including phenoxy) is 1. The van der Waals surface area contributed by atoms with Crippen molar-refractivity contribution in [2.75, 3.05) is 20.2 Å². The molecule has 2 aliphatic heterocycles. The van der Waals surface area contributed by atoms with Gasteiger partial charge < -0.3 is 19.9 Å². The van der Waals surface area contributed by atoms with Crippen molar-refractivity contribution < 1.29 is 19.1 Å². The lowest BCUT2D eigenvalue weighted by atomic mass is 10.1. The second kappa shape index (κ2) is 8.98. The number of carbonyl (C=O) groups excluding carboxylic acids is 3. The summed E-state index contributed by atoms with van der Waals surface area (Å²) in [4.78, 5) is 41.2. The van der Waals surface area contributed by atoms with Gasteiger partial charge in [0.05, 0.1) is 7.11 Å². The molecule has 8 heteroatoms. The lowest BCUT2D eigenvalue weighted by Crippen LogP contribution is -2.56. The number of methoxy groups -OCH3 is 1. The number of carbonyl (C=O) groups is 3. The predicted molar refractivity (Wildman–Crippen MR) is 116 cm³/mol. The van der Waals surface area contributed by atoms with Gasteiger partial charge in [-0.2, -0.15) is 0 Å². The quantitative estimate of drug-likeness (QED) is 0.747. The van der Waals surface area contributed by atoms with Crippen LogP contribution in [-0.2, 0) is 22.7 Å². The Morgan fingerprint density at radius 3 is 2.77 bits per heavy atom. The molecule has 2 heterocycles. The maximum absolute atomic E-state index is 12.9. The lowest BCUT2D eigenvalue weighted by Gasteiger charge is -2.36. The summed E-state index contributed by atoms with van der Waals surface area (Å²) in [5, 5.41) is 3.46. The summed E-state index contributed by atoms with van der Waals surface area (Å²) in [6, 6.07) is 12.0. The highest BCUT2D eigenvalue weighted by Crippen LogP contribution is 2.27. The molecule has 162 valence electrons. The molecular weight excluding hydrogens is 418 g/mol. The molecule has 0 saturated carbocycles. The van der Waals surface area contributed by atoms with Crippen molar-refractivity contribution in [2.45, 2.75) is 32.0 Å². The third kappa shape index (κ3) is 4.37. The van der Waals surface area contributed by atoms with Crippen LogP contribution in [-0.4, -0.2) is 53.8 Å². The summed E-state index contributed by atoms with van der Waals surface area (Å²) < 4.78 is 5.43. The molecule has 2 saturated heterocycles. The van der Waals surface area contributed by atoms with Gasteiger partial charge in [0.15, 0.2) is 0 Å². The molecule has 0 aliphatic carbocycles. The molecule has 31 heavy (non-hydrogen) atoms. The molecule has 3 amide bonds. The van der Waals surface area contributed by atoms with E-state index in [0.717, 1.165) is 12.0 Å². The topological polar surface area (TPSA) is 79.0 Å². The fraction of sp³-hybridized carbons (Fsp3) is 0.348. The molecule has 0 radical (unpaired) electrons. The second-order valence-electron chi connectivity index (χ2n) is 7.74. The molecule has 0 spiro atoms. The molecule has 2 fully saturated rings. The van der Waals surface area contributed by atoms with E-state index >= 15 is 0 Å². The molecule has 7 nitrogen and oxygen atoms in total. The van der Waals surface area contributed by atoms with Crippen molar-refractivity contribution in [1.29, 1.82) is 0 Å². The smallest absolute Gasteiger partial charge is 0.251 e. The Hall–Kier alpha value is -3.06. The van der Waals surface area contributed by atoms with E-state index in [1.165, 1.54) is 7.11 Å². The Bertz CT molecular complexity index is 1030. The summed E-state index contributed by atoms with van der Waals surface area (Å²) in [7, 11) is 1.54. The van der Waals surface area contributed by atoms with Gasteiger partial charge in [0.1, 0.15) is 18.3 Å². The van der Waals surface area contributed by atoms with Gasteiger partial charge in [-0.3, -0.25) is 14.4 Å². The normalized spacial score (nSPS) is 18.2. The number of halogens is 1. The molecule has 2 aromatic carbocycles. The summed E-state index contributed by atoms with van der Waals surface area (Å²) in [5.74, 6) is 0.228. The number of hydrogen-bond donors (Lipinski definition) is 1. The maximum atomic E-state index is 12.9. The van der Waals surface area contributed by atoms with Crippen LogP contribution in [0.2, 0.25) is 5.02 Å². The highest BCUT2D eigenvalue weighted by atomic mass is 35.5. The summed E-state index contributed by atoms with van der Waals surface area (Å²) >= 11 is 6.15. The fourth-order valence-electron chi connectivity index (χ4n) is 4.17. The van der Waals surface area contributed by atoms with Gasteiger partial charge in [-0.05, 0) is 42.7 Å². The van der Waals surface area contributed by atoms with E-state index in [4.69, 9.17) is 16.3 Å². The lowest BCUT2D eigenvalue weighted by molar-refractivity contribution is -0.154. The number of piperazine rings is 1. The van der Waals surface area contributed by atoms with Crippen LogP contribution in [0, 0.1) is 0 Å². The number of hydrogen-bond acceptors (Lipinski definition) is 4. The SMILES string of the molecule is COc1ccc(C(=O)NCc2ccccc2Cl)cc1CN1CC(=O)N2CCC[C@H]2C1=O. The zero-order valence-corrected chi connectivity index (χ0v) is 18.0. The van der Waals surface area contributed by atoms with Crippen molar-refractivity contribution in [2.24, 2.45) is 0 Å². The minimum atomic E-state index is -0.366. The summed E-state index contributed by atoms with van der Waals surface area (Å²) in [5.41, 5.74) is 1.95. The van der Waals surface area contributed by atoms with Crippen LogP contribution in [0.15, 0.2) is 42.5 Å². The largest absolute Gasteiger partial charge is 0.496 e. The first-order valence-electron chi connectivity index (χ1n) is 10.2. The molecule has 1 atom stereocenters. The van der Waals surface area contributed by atoms with E-state index in [2.05, 4.69) is 5.32 Å². The Balaban J connectivity index is 1.49. The Kier molecular flexibility index (Phi) is 6.13. The maximum Gasteiger partial charge on any atom is 0.251 e. The van der Waals surface area contributed by atoms with E-state index in [1.807, 2.05) is 18.2 Å². The van der Waals surface area contributed by atoms with Crippen LogP contribution in [0.3, 0.4) is 0 Å².